The van der Waals surface area contributed by atoms with Gasteiger partial charge < -0.3 is 65.4 Å². The average Bonchev–Trinajstić information content (AvgIpc) is 0.863. The van der Waals surface area contributed by atoms with Gasteiger partial charge in [0.1, 0.15) is 60.4 Å². The molecule has 0 saturated carbocycles. The molecule has 1 saturated heterocycles. The molecule has 26 nitrogen and oxygen atoms in total. The van der Waals surface area contributed by atoms with E-state index in [1.807, 2.05) is 41.5 Å². The molecule has 1 heterocycles. The number of hydrogen-bond donors (Lipinski definition) is 5. The van der Waals surface area contributed by atoms with Crippen LogP contribution in [0.1, 0.15) is 156 Å². The number of aliphatic hydroxyl groups excluding tert-OH is 1. The predicted octanol–water partition coefficient (Wildman–Crippen LogP) is 3.17. The van der Waals surface area contributed by atoms with Crippen LogP contribution in [0.25, 0.3) is 0 Å². The van der Waals surface area contributed by atoms with Gasteiger partial charge in [0.25, 0.3) is 0 Å². The average molecular weight is 1280 g/mol. The van der Waals surface area contributed by atoms with E-state index >= 15 is 9.59 Å². The number of carbonyl (C=O) groups is 11. The number of hydrogen-bond acceptors (Lipinski definition) is 15. The highest BCUT2D eigenvalue weighted by atomic mass is 16.5. The number of allylic oxidation sites excluding steroid dienone is 2. The molecule has 0 aromatic heterocycles. The monoisotopic (exact) mass is 1270 g/mol. The molecule has 26 heteroatoms. The number of nitroso groups, excluding NO2 is 1. The molecule has 0 bridgehead atoms. The summed E-state index contributed by atoms with van der Waals surface area (Å²) in [6.07, 6.45) is 2.38. The molecule has 5 N–H and O–H groups in total. The van der Waals surface area contributed by atoms with Crippen LogP contribution in [0.3, 0.4) is 0 Å². The minimum Gasteiger partial charge on any atom is -0.390 e. The third kappa shape index (κ3) is 23.3. The lowest BCUT2D eigenvalue weighted by Gasteiger charge is -2.41. The number of aliphatic hydroxyl groups is 1. The van der Waals surface area contributed by atoms with E-state index in [9.17, 15) is 53.2 Å². The Morgan fingerprint density at radius 1 is 0.533 bits per heavy atom. The number of ether oxygens (including phenoxy) is 1. The van der Waals surface area contributed by atoms with Crippen molar-refractivity contribution in [1.29, 1.82) is 0 Å². The largest absolute Gasteiger partial charge is 0.390 e. The van der Waals surface area contributed by atoms with E-state index in [1.165, 1.54) is 82.8 Å². The van der Waals surface area contributed by atoms with Crippen molar-refractivity contribution in [3.05, 3.63) is 17.1 Å². The van der Waals surface area contributed by atoms with Gasteiger partial charge in [0.2, 0.25) is 65.0 Å². The van der Waals surface area contributed by atoms with Crippen LogP contribution < -0.4 is 21.3 Å². The van der Waals surface area contributed by atoms with Crippen LogP contribution in [0.5, 0.6) is 0 Å². The summed E-state index contributed by atoms with van der Waals surface area (Å²) in [5, 5.41) is 25.9. The van der Waals surface area contributed by atoms with Gasteiger partial charge in [0.15, 0.2) is 0 Å². The molecule has 0 aliphatic carbocycles. The minimum absolute atomic E-state index is 0.0216. The number of likely N-dealkylation sites (N-methyl/N-ethyl adjacent to an activating group) is 7. The van der Waals surface area contributed by atoms with Crippen LogP contribution in [0.2, 0.25) is 0 Å². The molecule has 0 spiro atoms. The molecule has 514 valence electrons. The quantitative estimate of drug-likeness (QED) is 0.0665. The summed E-state index contributed by atoms with van der Waals surface area (Å²) in [5.74, 6) is -10.4. The number of amides is 11. The summed E-state index contributed by atoms with van der Waals surface area (Å²) in [6, 6.07) is -13.0. The third-order valence-corrected chi connectivity index (χ3v) is 16.8. The summed E-state index contributed by atoms with van der Waals surface area (Å²) in [5.41, 5.74) is 0. The number of rotatable bonds is 20. The van der Waals surface area contributed by atoms with Gasteiger partial charge in [-0.15, -0.1) is 0 Å². The van der Waals surface area contributed by atoms with Gasteiger partial charge in [-0.3, -0.25) is 52.7 Å². The van der Waals surface area contributed by atoms with Gasteiger partial charge in [-0.2, -0.15) is 4.91 Å². The first-order valence-corrected chi connectivity index (χ1v) is 32.0. The normalized spacial score (nSPS) is 26.3. The molecule has 0 unspecified atom stereocenters. The highest BCUT2D eigenvalue weighted by Crippen LogP contribution is 2.26. The highest BCUT2D eigenvalue weighted by Gasteiger charge is 2.46. The summed E-state index contributed by atoms with van der Waals surface area (Å²) >= 11 is 0. The van der Waals surface area contributed by atoms with Crippen LogP contribution in [-0.2, 0) is 57.5 Å². The fraction of sp³-hybridized carbons (Fsp3) is 0.797. The standard InChI is InChI=1S/C64H114N12O14/c1-24-26-29-41(13)54(78)53-58(82)68-45(25-2)60(84)70(17)35-49(77)74(21)52(44(16)90-31-28-27-30-65-89)57(81)69-50(39(9)10)63(87)71(18)46(32-36(3)4)56(80)66-42(14)55(79)67-43(15)59(83)72(19)47(33-37(5)6)61(85)73(20)48(34-38(7)8)62(86)75(22)51(40(11)12)64(88)76(53)23/h24,26,36-48,50-54,78H,25,27-35H2,1-23H3,(H,66,80)(H,67,79)(H,68,82)(H,69,81)/t41-,42+,43-,44-,45+,46-,47+,48-,50+,51+,52+,53+,54-/m1/s1. The van der Waals surface area contributed by atoms with E-state index < -0.39 is 162 Å². The Labute approximate surface area is 536 Å². The second-order valence-corrected chi connectivity index (χ2v) is 26.5. The molecule has 1 aliphatic heterocycles. The number of unbranched alkanes of at least 4 members (excludes halogenated alkanes) is 1. The van der Waals surface area contributed by atoms with Gasteiger partial charge in [-0.05, 0) is 108 Å². The SMILES string of the molecule is CC=CC[C@@H](C)[C@@H](O)[C@H]1C(=O)N[C@@H](CC)C(=O)N(C)CC(=O)N(C)[C@@H]([C@@H](C)OCCCCN=O)C(=O)N[C@@H](C(C)C)C(=O)N(C)[C@H](CC(C)C)C(=O)N[C@@H](C)C(=O)N[C@H](C)C(=O)N(C)[C@@H](CC(C)C)C(=O)N(C)[C@H](CC(C)C)C(=O)N(C)[C@@H](C(C)C)C(=O)N1C. The predicted molar refractivity (Wildman–Crippen MR) is 344 cm³/mol. The molecular formula is C64H114N12O14. The van der Waals surface area contributed by atoms with Crippen LogP contribution in [0.15, 0.2) is 17.3 Å². The maximum Gasteiger partial charge on any atom is 0.246 e. The van der Waals surface area contributed by atoms with Crippen molar-refractivity contribution < 1.29 is 62.6 Å². The number of nitrogens with zero attached hydrogens (tertiary/aromatic N) is 8. The maximum atomic E-state index is 15.2. The maximum absolute atomic E-state index is 15.2. The topological polar surface area (TPSA) is 317 Å². The molecule has 0 aromatic rings. The van der Waals surface area contributed by atoms with Gasteiger partial charge in [-0.1, -0.05) is 100 Å². The Morgan fingerprint density at radius 3 is 1.50 bits per heavy atom. The number of carbonyl (C=O) groups excluding carboxylic acids is 11. The molecular weight excluding hydrogens is 1160 g/mol. The van der Waals surface area contributed by atoms with E-state index in [4.69, 9.17) is 4.74 Å². The highest BCUT2D eigenvalue weighted by molar-refractivity contribution is 5.99. The van der Waals surface area contributed by atoms with Gasteiger partial charge in [0, 0.05) is 55.9 Å². The van der Waals surface area contributed by atoms with E-state index in [2.05, 4.69) is 26.4 Å². The van der Waals surface area contributed by atoms with Gasteiger partial charge in [-0.25, -0.2) is 0 Å². The first kappa shape index (κ1) is 81.4. The van der Waals surface area contributed by atoms with Crippen molar-refractivity contribution in [2.45, 2.75) is 228 Å². The van der Waals surface area contributed by atoms with E-state index in [0.717, 1.165) is 14.7 Å². The molecule has 0 aromatic carbocycles. The molecule has 90 heavy (non-hydrogen) atoms. The van der Waals surface area contributed by atoms with Crippen molar-refractivity contribution in [2.75, 3.05) is 69.0 Å². The molecule has 1 aliphatic rings. The van der Waals surface area contributed by atoms with Crippen molar-refractivity contribution in [2.24, 2.45) is 40.7 Å². The van der Waals surface area contributed by atoms with Crippen molar-refractivity contribution in [3.8, 4) is 0 Å². The zero-order valence-electron chi connectivity index (χ0n) is 58.5. The fourth-order valence-electron chi connectivity index (χ4n) is 11.1. The third-order valence-electron chi connectivity index (χ3n) is 16.8. The smallest absolute Gasteiger partial charge is 0.246 e. The lowest BCUT2D eigenvalue weighted by molar-refractivity contribution is -0.157. The summed E-state index contributed by atoms with van der Waals surface area (Å²) in [7, 11) is 9.69. The zero-order valence-corrected chi connectivity index (χ0v) is 58.5. The Kier molecular flexibility index (Phi) is 34.7. The Hall–Kier alpha value is -6.57. The molecule has 1 fully saturated rings. The Bertz CT molecular complexity index is 2460. The van der Waals surface area contributed by atoms with Gasteiger partial charge >= 0.3 is 0 Å². The molecule has 0 radical (unpaired) electrons. The molecule has 11 amide bonds. The first-order valence-electron chi connectivity index (χ1n) is 32.0. The number of nitrogens with one attached hydrogen (secondary N) is 4. The van der Waals surface area contributed by atoms with Crippen LogP contribution in [0, 0.1) is 40.4 Å². The van der Waals surface area contributed by atoms with Crippen molar-refractivity contribution >= 4 is 65.0 Å². The van der Waals surface area contributed by atoms with Crippen molar-refractivity contribution in [1.82, 2.24) is 55.6 Å². The minimum atomic E-state index is -1.65. The fourth-order valence-corrected chi connectivity index (χ4v) is 11.1. The summed E-state index contributed by atoms with van der Waals surface area (Å²) in [6.45, 7) is 26.9. The van der Waals surface area contributed by atoms with Crippen LogP contribution in [-0.4, -0.2) is 246 Å². The second kappa shape index (κ2) is 38.3. The second-order valence-electron chi connectivity index (χ2n) is 26.5. The van der Waals surface area contributed by atoms with E-state index in [1.54, 1.807) is 67.5 Å². The summed E-state index contributed by atoms with van der Waals surface area (Å²) in [4.78, 5) is 180. The first-order chi connectivity index (χ1) is 41.8. The van der Waals surface area contributed by atoms with Crippen LogP contribution >= 0.6 is 0 Å². The van der Waals surface area contributed by atoms with Crippen molar-refractivity contribution in [3.63, 3.8) is 0 Å². The molecule has 1 rings (SSSR count). The van der Waals surface area contributed by atoms with E-state index in [0.29, 0.717) is 12.8 Å². The lowest BCUT2D eigenvalue weighted by atomic mass is 9.91. The van der Waals surface area contributed by atoms with E-state index in [-0.39, 0.29) is 63.0 Å². The summed E-state index contributed by atoms with van der Waals surface area (Å²) < 4.78 is 6.08. The zero-order chi connectivity index (χ0) is 69.5. The van der Waals surface area contributed by atoms with Gasteiger partial charge in [0.05, 0.1) is 25.3 Å². The van der Waals surface area contributed by atoms with Crippen LogP contribution in [0.4, 0.5) is 0 Å². The Balaban J connectivity index is 4.39. The lowest BCUT2D eigenvalue weighted by Crippen LogP contribution is -2.63. The molecule has 13 atom stereocenters. The Morgan fingerprint density at radius 2 is 1.01 bits per heavy atom.